The number of H-pyrrole nitrogens is 1. The molecule has 3 aromatic heterocycles. The molecular weight excluding hydrogens is 484 g/mol. The van der Waals surface area contributed by atoms with Gasteiger partial charge in [0.2, 0.25) is 0 Å². The number of rotatable bonds is 10. The summed E-state index contributed by atoms with van der Waals surface area (Å²) in [7, 11) is 1.69. The number of aromatic nitrogens is 4. The fraction of sp³-hybridized carbons (Fsp3) is 0.281. The number of hydrogen-bond acceptors (Lipinski definition) is 6. The minimum absolute atomic E-state index is 0.241. The Bertz CT molecular complexity index is 1520. The van der Waals surface area contributed by atoms with Gasteiger partial charge < -0.3 is 15.0 Å². The van der Waals surface area contributed by atoms with Gasteiger partial charge in [0.25, 0.3) is 0 Å². The molecule has 39 heavy (non-hydrogen) atoms. The quantitative estimate of drug-likeness (QED) is 0.246. The van der Waals surface area contributed by atoms with Crippen LogP contribution in [0.25, 0.3) is 11.0 Å². The molecular formula is C32H34N6O. The number of benzene rings is 2. The summed E-state index contributed by atoms with van der Waals surface area (Å²) >= 11 is 0. The zero-order chi connectivity index (χ0) is 26.4. The molecule has 1 aliphatic carbocycles. The lowest BCUT2D eigenvalue weighted by molar-refractivity contribution is 0.153. The Hall–Kier alpha value is -4.07. The summed E-state index contributed by atoms with van der Waals surface area (Å²) < 4.78 is 5.55. The van der Waals surface area contributed by atoms with Crippen LogP contribution in [0.4, 0.5) is 0 Å². The number of aromatic amines is 1. The van der Waals surface area contributed by atoms with Gasteiger partial charge in [-0.25, -0.2) is 4.98 Å². The molecule has 0 saturated heterocycles. The van der Waals surface area contributed by atoms with Crippen LogP contribution in [-0.4, -0.2) is 31.9 Å². The van der Waals surface area contributed by atoms with Crippen LogP contribution in [0.1, 0.15) is 52.8 Å². The lowest BCUT2D eigenvalue weighted by Crippen LogP contribution is -2.31. The first-order chi connectivity index (χ1) is 19.3. The van der Waals surface area contributed by atoms with E-state index in [4.69, 9.17) is 14.7 Å². The lowest BCUT2D eigenvalue weighted by atomic mass is 9.90. The Morgan fingerprint density at radius 2 is 1.77 bits per heavy atom. The van der Waals surface area contributed by atoms with Crippen molar-refractivity contribution in [1.29, 1.82) is 0 Å². The van der Waals surface area contributed by atoms with Gasteiger partial charge in [-0.15, -0.1) is 0 Å². The number of ether oxygens (including phenoxy) is 1. The van der Waals surface area contributed by atoms with Crippen LogP contribution in [0.15, 0.2) is 85.2 Å². The maximum atomic E-state index is 5.55. The third kappa shape index (κ3) is 5.85. The fourth-order valence-electron chi connectivity index (χ4n) is 5.54. The number of nitrogens with zero attached hydrogens (tertiary/aromatic N) is 4. The Kier molecular flexibility index (Phi) is 7.61. The Balaban J connectivity index is 1.21. The highest BCUT2D eigenvalue weighted by atomic mass is 16.5. The second kappa shape index (κ2) is 11.8. The minimum atomic E-state index is 0.241. The van der Waals surface area contributed by atoms with Crippen molar-refractivity contribution in [2.75, 3.05) is 7.11 Å². The highest BCUT2D eigenvalue weighted by Gasteiger charge is 2.28. The van der Waals surface area contributed by atoms with E-state index < -0.39 is 0 Å². The molecule has 2 aromatic carbocycles. The van der Waals surface area contributed by atoms with Crippen molar-refractivity contribution in [3.05, 3.63) is 119 Å². The van der Waals surface area contributed by atoms with E-state index >= 15 is 0 Å². The van der Waals surface area contributed by atoms with E-state index in [0.717, 1.165) is 67.2 Å². The van der Waals surface area contributed by atoms with Crippen LogP contribution in [0, 0.1) is 0 Å². The van der Waals surface area contributed by atoms with Crippen LogP contribution >= 0.6 is 0 Å². The Morgan fingerprint density at radius 3 is 2.62 bits per heavy atom. The third-order valence-corrected chi connectivity index (χ3v) is 7.47. The molecule has 0 radical (unpaired) electrons. The second-order valence-corrected chi connectivity index (χ2v) is 10.1. The average Bonchev–Trinajstić information content (AvgIpc) is 3.41. The van der Waals surface area contributed by atoms with E-state index in [9.17, 15) is 0 Å². The number of aryl methyl sites for hydroxylation is 1. The summed E-state index contributed by atoms with van der Waals surface area (Å²) in [6, 6.07) is 25.5. The molecule has 1 aliphatic rings. The molecule has 0 saturated carbocycles. The number of methoxy groups -OCH3 is 1. The van der Waals surface area contributed by atoms with Gasteiger partial charge in [-0.05, 0) is 66.3 Å². The summed E-state index contributed by atoms with van der Waals surface area (Å²) in [5, 5.41) is 3.49. The van der Waals surface area contributed by atoms with E-state index in [1.807, 2.05) is 42.7 Å². The van der Waals surface area contributed by atoms with E-state index in [0.29, 0.717) is 6.54 Å². The molecule has 0 aliphatic heterocycles. The van der Waals surface area contributed by atoms with E-state index in [1.165, 1.54) is 22.4 Å². The first kappa shape index (κ1) is 25.2. The molecule has 2 N–H and O–H groups in total. The maximum absolute atomic E-state index is 5.55. The molecule has 1 unspecified atom stereocenters. The van der Waals surface area contributed by atoms with Gasteiger partial charge in [0.05, 0.1) is 36.6 Å². The largest absolute Gasteiger partial charge is 0.494 e. The van der Waals surface area contributed by atoms with Crippen LogP contribution in [0.5, 0.6) is 5.75 Å². The van der Waals surface area contributed by atoms with Crippen LogP contribution in [0.2, 0.25) is 0 Å². The first-order valence-corrected chi connectivity index (χ1v) is 13.6. The summed E-state index contributed by atoms with van der Waals surface area (Å²) in [6.07, 6.45) is 7.10. The van der Waals surface area contributed by atoms with Crippen LogP contribution in [-0.2, 0) is 32.6 Å². The van der Waals surface area contributed by atoms with Gasteiger partial charge in [-0.3, -0.25) is 14.9 Å². The minimum Gasteiger partial charge on any atom is -0.494 e. The highest BCUT2D eigenvalue weighted by molar-refractivity contribution is 5.81. The van der Waals surface area contributed by atoms with Crippen molar-refractivity contribution in [2.45, 2.75) is 51.5 Å². The van der Waals surface area contributed by atoms with Crippen molar-refractivity contribution >= 4 is 11.0 Å². The van der Waals surface area contributed by atoms with E-state index in [-0.39, 0.29) is 6.04 Å². The maximum Gasteiger partial charge on any atom is 0.146 e. The fourth-order valence-corrected chi connectivity index (χ4v) is 5.54. The van der Waals surface area contributed by atoms with Gasteiger partial charge in [0.15, 0.2) is 0 Å². The van der Waals surface area contributed by atoms with Crippen molar-refractivity contribution in [2.24, 2.45) is 0 Å². The predicted molar refractivity (Wildman–Crippen MR) is 153 cm³/mol. The average molecular weight is 519 g/mol. The molecule has 1 atom stereocenters. The van der Waals surface area contributed by atoms with Crippen molar-refractivity contribution in [1.82, 2.24) is 30.2 Å². The van der Waals surface area contributed by atoms with Crippen molar-refractivity contribution in [3.8, 4) is 5.75 Å². The van der Waals surface area contributed by atoms with Crippen LogP contribution in [0.3, 0.4) is 0 Å². The van der Waals surface area contributed by atoms with E-state index in [1.54, 1.807) is 7.11 Å². The van der Waals surface area contributed by atoms with Crippen molar-refractivity contribution in [3.63, 3.8) is 0 Å². The molecule has 198 valence electrons. The molecule has 6 rings (SSSR count). The van der Waals surface area contributed by atoms with Gasteiger partial charge in [-0.1, -0.05) is 42.5 Å². The van der Waals surface area contributed by atoms with Gasteiger partial charge in [0.1, 0.15) is 17.1 Å². The number of pyridine rings is 2. The second-order valence-electron chi connectivity index (χ2n) is 10.1. The summed E-state index contributed by atoms with van der Waals surface area (Å²) in [6.45, 7) is 3.08. The normalized spacial score (nSPS) is 15.0. The molecule has 0 bridgehead atoms. The van der Waals surface area contributed by atoms with Gasteiger partial charge >= 0.3 is 0 Å². The lowest BCUT2D eigenvalue weighted by Gasteiger charge is -2.34. The first-order valence-electron chi connectivity index (χ1n) is 13.6. The molecule has 7 heteroatoms. The molecule has 0 fully saturated rings. The number of hydrogen-bond donors (Lipinski definition) is 2. The number of imidazole rings is 1. The van der Waals surface area contributed by atoms with Gasteiger partial charge in [0, 0.05) is 32.0 Å². The van der Waals surface area contributed by atoms with E-state index in [2.05, 4.69) is 62.6 Å². The zero-order valence-corrected chi connectivity index (χ0v) is 22.3. The number of nitrogens with one attached hydrogen (secondary N) is 2. The zero-order valence-electron chi connectivity index (χ0n) is 22.3. The molecule has 3 heterocycles. The summed E-state index contributed by atoms with van der Waals surface area (Å²) in [5.74, 6) is 1.73. The Labute approximate surface area is 229 Å². The van der Waals surface area contributed by atoms with Gasteiger partial charge in [-0.2, -0.15) is 0 Å². The molecule has 7 nitrogen and oxygen atoms in total. The van der Waals surface area contributed by atoms with Crippen LogP contribution < -0.4 is 10.1 Å². The molecule has 5 aromatic rings. The van der Waals surface area contributed by atoms with Crippen molar-refractivity contribution < 1.29 is 4.74 Å². The number of fused-ring (bicyclic) bond motifs is 2. The molecule has 0 amide bonds. The standard InChI is InChI=1S/C32H34N6O/c1-39-29-12-5-10-27-32(29)37-30(36-27)22-38(28-11-4-7-25-8-6-18-35-31(25)28)21-24-15-13-23(14-16-24)19-33-20-26-9-2-3-17-34-26/h2-3,5-6,8-10,12-18,28,33H,4,7,11,19-22H2,1H3,(H,36,37). The monoisotopic (exact) mass is 518 g/mol. The SMILES string of the molecule is COc1cccc2[nH]c(CN(Cc3ccc(CNCc4ccccn4)cc3)C3CCCc4cccnc43)nc12. The predicted octanol–water partition coefficient (Wildman–Crippen LogP) is 5.73. The molecule has 0 spiro atoms. The smallest absolute Gasteiger partial charge is 0.146 e. The third-order valence-electron chi connectivity index (χ3n) is 7.47. The number of para-hydroxylation sites is 1. The summed E-state index contributed by atoms with van der Waals surface area (Å²) in [5.41, 5.74) is 8.02. The highest BCUT2D eigenvalue weighted by Crippen LogP contribution is 2.35. The summed E-state index contributed by atoms with van der Waals surface area (Å²) in [4.78, 5) is 20.2. The Morgan fingerprint density at radius 1 is 0.897 bits per heavy atom. The topological polar surface area (TPSA) is 79.0 Å².